The lowest BCUT2D eigenvalue weighted by Crippen LogP contribution is -2.32. The summed E-state index contributed by atoms with van der Waals surface area (Å²) in [6, 6.07) is 5.80. The Hall–Kier alpha value is -2.50. The Morgan fingerprint density at radius 1 is 1.38 bits per heavy atom. The number of nitrogens with zero attached hydrogens (tertiary/aromatic N) is 2. The van der Waals surface area contributed by atoms with Crippen LogP contribution in [0.1, 0.15) is 30.6 Å². The first-order valence-corrected chi connectivity index (χ1v) is 6.70. The zero-order chi connectivity index (χ0) is 15.4. The maximum Gasteiger partial charge on any atom is 0.256 e. The molecule has 1 aromatic heterocycles. The van der Waals surface area contributed by atoms with Gasteiger partial charge in [-0.3, -0.25) is 4.79 Å². The van der Waals surface area contributed by atoms with Crippen molar-refractivity contribution >= 4 is 11.7 Å². The Labute approximate surface area is 122 Å². The number of amides is 1. The van der Waals surface area contributed by atoms with E-state index in [1.807, 2.05) is 13.8 Å². The van der Waals surface area contributed by atoms with Crippen molar-refractivity contribution in [2.75, 3.05) is 5.73 Å². The minimum Gasteiger partial charge on any atom is -0.383 e. The molecule has 0 radical (unpaired) electrons. The van der Waals surface area contributed by atoms with Crippen LogP contribution in [0.2, 0.25) is 0 Å². The minimum absolute atomic E-state index is 0.0497. The van der Waals surface area contributed by atoms with E-state index in [-0.39, 0.29) is 29.1 Å². The average molecular weight is 288 g/mol. The van der Waals surface area contributed by atoms with E-state index in [1.54, 1.807) is 12.1 Å². The highest BCUT2D eigenvalue weighted by Gasteiger charge is 2.14. The van der Waals surface area contributed by atoms with E-state index in [9.17, 15) is 9.18 Å². The van der Waals surface area contributed by atoms with Crippen LogP contribution in [-0.4, -0.2) is 21.9 Å². The summed E-state index contributed by atoms with van der Waals surface area (Å²) in [4.78, 5) is 20.2. The van der Waals surface area contributed by atoms with Gasteiger partial charge in [0.25, 0.3) is 5.91 Å². The molecule has 1 amide bonds. The van der Waals surface area contributed by atoms with E-state index in [0.717, 1.165) is 6.42 Å². The SMILES string of the molecule is CCC(C)NC(=O)c1cnc(-c2ccc(F)cc2)nc1N. The lowest BCUT2D eigenvalue weighted by atomic mass is 10.2. The lowest BCUT2D eigenvalue weighted by molar-refractivity contribution is 0.0939. The van der Waals surface area contributed by atoms with E-state index in [2.05, 4.69) is 15.3 Å². The zero-order valence-corrected chi connectivity index (χ0v) is 11.9. The van der Waals surface area contributed by atoms with Gasteiger partial charge in [-0.15, -0.1) is 0 Å². The highest BCUT2D eigenvalue weighted by Crippen LogP contribution is 2.18. The number of anilines is 1. The van der Waals surface area contributed by atoms with Gasteiger partial charge < -0.3 is 11.1 Å². The van der Waals surface area contributed by atoms with E-state index in [4.69, 9.17) is 5.73 Å². The molecular weight excluding hydrogens is 271 g/mol. The molecule has 0 spiro atoms. The normalized spacial score (nSPS) is 12.0. The van der Waals surface area contributed by atoms with Crippen molar-refractivity contribution in [1.82, 2.24) is 15.3 Å². The van der Waals surface area contributed by atoms with Crippen molar-refractivity contribution < 1.29 is 9.18 Å². The van der Waals surface area contributed by atoms with E-state index in [1.165, 1.54) is 18.3 Å². The van der Waals surface area contributed by atoms with Crippen molar-refractivity contribution in [1.29, 1.82) is 0 Å². The summed E-state index contributed by atoms with van der Waals surface area (Å²) in [5.74, 6) is -0.179. The van der Waals surface area contributed by atoms with Crippen molar-refractivity contribution in [3.05, 3.63) is 41.8 Å². The van der Waals surface area contributed by atoms with Crippen LogP contribution >= 0.6 is 0 Å². The molecule has 1 atom stereocenters. The van der Waals surface area contributed by atoms with Gasteiger partial charge in [-0.2, -0.15) is 0 Å². The predicted molar refractivity (Wildman–Crippen MR) is 79.1 cm³/mol. The molecule has 0 aliphatic heterocycles. The summed E-state index contributed by atoms with van der Waals surface area (Å²) in [5.41, 5.74) is 6.69. The van der Waals surface area contributed by atoms with E-state index in [0.29, 0.717) is 11.4 Å². The maximum atomic E-state index is 12.9. The van der Waals surface area contributed by atoms with Crippen LogP contribution in [0.5, 0.6) is 0 Å². The summed E-state index contributed by atoms with van der Waals surface area (Å²) >= 11 is 0. The first-order valence-electron chi connectivity index (χ1n) is 6.70. The summed E-state index contributed by atoms with van der Waals surface area (Å²) in [6.45, 7) is 3.88. The second-order valence-electron chi connectivity index (χ2n) is 4.78. The molecule has 6 heteroatoms. The number of halogens is 1. The molecular formula is C15H17FN4O. The topological polar surface area (TPSA) is 80.9 Å². The van der Waals surface area contributed by atoms with Gasteiger partial charge in [0.2, 0.25) is 0 Å². The first kappa shape index (κ1) is 14.9. The van der Waals surface area contributed by atoms with Crippen LogP contribution in [0.3, 0.4) is 0 Å². The van der Waals surface area contributed by atoms with Gasteiger partial charge >= 0.3 is 0 Å². The Bertz CT molecular complexity index is 643. The van der Waals surface area contributed by atoms with E-state index < -0.39 is 0 Å². The number of nitrogen functional groups attached to an aromatic ring is 1. The van der Waals surface area contributed by atoms with Gasteiger partial charge in [-0.05, 0) is 37.6 Å². The second-order valence-corrected chi connectivity index (χ2v) is 4.78. The smallest absolute Gasteiger partial charge is 0.256 e. The number of hydrogen-bond donors (Lipinski definition) is 2. The number of nitrogens with one attached hydrogen (secondary N) is 1. The predicted octanol–water partition coefficient (Wildman–Crippen LogP) is 2.39. The van der Waals surface area contributed by atoms with Crippen LogP contribution in [0.15, 0.2) is 30.5 Å². The molecule has 0 aliphatic rings. The van der Waals surface area contributed by atoms with Crippen LogP contribution in [0, 0.1) is 5.82 Å². The zero-order valence-electron chi connectivity index (χ0n) is 11.9. The van der Waals surface area contributed by atoms with E-state index >= 15 is 0 Å². The molecule has 2 rings (SSSR count). The highest BCUT2D eigenvalue weighted by molar-refractivity contribution is 5.98. The molecule has 0 fully saturated rings. The molecule has 0 bridgehead atoms. The molecule has 110 valence electrons. The monoisotopic (exact) mass is 288 g/mol. The van der Waals surface area contributed by atoms with Crippen LogP contribution in [0.4, 0.5) is 10.2 Å². The van der Waals surface area contributed by atoms with Crippen LogP contribution < -0.4 is 11.1 Å². The van der Waals surface area contributed by atoms with Gasteiger partial charge in [0.15, 0.2) is 5.82 Å². The maximum absolute atomic E-state index is 12.9. The standard InChI is InChI=1S/C15H17FN4O/c1-3-9(2)19-15(21)12-8-18-14(20-13(12)17)10-4-6-11(16)7-5-10/h4-9H,3H2,1-2H3,(H,19,21)(H2,17,18,20). The van der Waals surface area contributed by atoms with Gasteiger partial charge in [-0.1, -0.05) is 6.92 Å². The van der Waals surface area contributed by atoms with Gasteiger partial charge in [0.05, 0.1) is 5.56 Å². The molecule has 0 saturated carbocycles. The highest BCUT2D eigenvalue weighted by atomic mass is 19.1. The molecule has 5 nitrogen and oxygen atoms in total. The molecule has 1 aromatic carbocycles. The molecule has 21 heavy (non-hydrogen) atoms. The number of benzene rings is 1. The number of aromatic nitrogens is 2. The summed E-state index contributed by atoms with van der Waals surface area (Å²) in [6.07, 6.45) is 2.21. The fraction of sp³-hybridized carbons (Fsp3) is 0.267. The lowest BCUT2D eigenvalue weighted by Gasteiger charge is -2.12. The molecule has 3 N–H and O–H groups in total. The van der Waals surface area contributed by atoms with Gasteiger partial charge in [-0.25, -0.2) is 14.4 Å². The second kappa shape index (κ2) is 6.30. The third kappa shape index (κ3) is 3.53. The molecule has 0 aliphatic carbocycles. The van der Waals surface area contributed by atoms with Crippen molar-refractivity contribution in [3.8, 4) is 11.4 Å². The quantitative estimate of drug-likeness (QED) is 0.905. The number of nitrogens with two attached hydrogens (primary N) is 1. The molecule has 1 heterocycles. The molecule has 2 aromatic rings. The van der Waals surface area contributed by atoms with Crippen LogP contribution in [-0.2, 0) is 0 Å². The third-order valence-corrected chi connectivity index (χ3v) is 3.16. The summed E-state index contributed by atoms with van der Waals surface area (Å²) in [7, 11) is 0. The molecule has 1 unspecified atom stereocenters. The Balaban J connectivity index is 2.25. The minimum atomic E-state index is -0.337. The Kier molecular flexibility index (Phi) is 4.47. The van der Waals surface area contributed by atoms with Crippen molar-refractivity contribution in [2.24, 2.45) is 0 Å². The number of carbonyl (C=O) groups excluding carboxylic acids is 1. The molecule has 0 saturated heterocycles. The third-order valence-electron chi connectivity index (χ3n) is 3.16. The number of carbonyl (C=O) groups is 1. The fourth-order valence-electron chi connectivity index (χ4n) is 1.71. The van der Waals surface area contributed by atoms with Crippen LogP contribution in [0.25, 0.3) is 11.4 Å². The summed E-state index contributed by atoms with van der Waals surface area (Å²) in [5, 5.41) is 2.80. The van der Waals surface area contributed by atoms with Gasteiger partial charge in [0, 0.05) is 17.8 Å². The largest absolute Gasteiger partial charge is 0.383 e. The number of hydrogen-bond acceptors (Lipinski definition) is 4. The van der Waals surface area contributed by atoms with Crippen molar-refractivity contribution in [3.63, 3.8) is 0 Å². The Morgan fingerprint density at radius 2 is 2.05 bits per heavy atom. The van der Waals surface area contributed by atoms with Crippen molar-refractivity contribution in [2.45, 2.75) is 26.3 Å². The first-order chi connectivity index (χ1) is 10.0. The van der Waals surface area contributed by atoms with Gasteiger partial charge in [0.1, 0.15) is 11.6 Å². The average Bonchev–Trinajstić information content (AvgIpc) is 2.47. The summed E-state index contributed by atoms with van der Waals surface area (Å²) < 4.78 is 12.9. The fourth-order valence-corrected chi connectivity index (χ4v) is 1.71. The Morgan fingerprint density at radius 3 is 2.62 bits per heavy atom. The number of rotatable bonds is 4.